The summed E-state index contributed by atoms with van der Waals surface area (Å²) in [6, 6.07) is 0. The second-order valence-corrected chi connectivity index (χ2v) is 4.41. The summed E-state index contributed by atoms with van der Waals surface area (Å²) >= 11 is 0. The van der Waals surface area contributed by atoms with Gasteiger partial charge in [-0.05, 0) is 25.7 Å². The molecule has 0 rings (SSSR count). The fourth-order valence-electron chi connectivity index (χ4n) is 1.42. The summed E-state index contributed by atoms with van der Waals surface area (Å²) in [4.78, 5) is 11.1. The first-order valence-corrected chi connectivity index (χ1v) is 5.29. The molecular formula is C11H22O3. The Balaban J connectivity index is 4.05. The third-order valence-corrected chi connectivity index (χ3v) is 3.12. The van der Waals surface area contributed by atoms with Crippen LogP contribution in [-0.4, -0.2) is 22.8 Å². The minimum Gasteiger partial charge on any atom is -0.481 e. The summed E-state index contributed by atoms with van der Waals surface area (Å²) in [5, 5.41) is 17.7. The van der Waals surface area contributed by atoms with Gasteiger partial charge in [-0.2, -0.15) is 0 Å². The van der Waals surface area contributed by atoms with E-state index in [1.54, 1.807) is 6.92 Å². The zero-order valence-electron chi connectivity index (χ0n) is 9.42. The highest BCUT2D eigenvalue weighted by atomic mass is 16.4. The molecule has 0 saturated carbocycles. The van der Waals surface area contributed by atoms with Crippen molar-refractivity contribution in [3.63, 3.8) is 0 Å². The van der Waals surface area contributed by atoms with Crippen LogP contribution in [0.2, 0.25) is 0 Å². The lowest BCUT2D eigenvalue weighted by Gasteiger charge is -2.28. The molecule has 0 saturated heterocycles. The van der Waals surface area contributed by atoms with Gasteiger partial charge in [0, 0.05) is 6.61 Å². The lowest BCUT2D eigenvalue weighted by atomic mass is 9.75. The second kappa shape index (κ2) is 6.02. The number of aliphatic hydroxyl groups is 1. The number of unbranched alkanes of at least 4 members (excludes halogenated alkanes) is 2. The summed E-state index contributed by atoms with van der Waals surface area (Å²) in [6.07, 6.45) is 3.25. The number of hydrogen-bond donors (Lipinski definition) is 2. The van der Waals surface area contributed by atoms with Gasteiger partial charge in [-0.15, -0.1) is 0 Å². The Bertz CT molecular complexity index is 177. The summed E-state index contributed by atoms with van der Waals surface area (Å²) in [5.74, 6) is -0.564. The molecule has 0 aliphatic rings. The Labute approximate surface area is 86.1 Å². The van der Waals surface area contributed by atoms with Crippen molar-refractivity contribution in [1.82, 2.24) is 0 Å². The monoisotopic (exact) mass is 202 g/mol. The van der Waals surface area contributed by atoms with E-state index < -0.39 is 11.4 Å². The summed E-state index contributed by atoms with van der Waals surface area (Å²) in [7, 11) is 0. The Kier molecular flexibility index (Phi) is 5.77. The molecule has 1 unspecified atom stereocenters. The first kappa shape index (κ1) is 13.4. The van der Waals surface area contributed by atoms with E-state index in [-0.39, 0.29) is 12.5 Å². The van der Waals surface area contributed by atoms with E-state index in [4.69, 9.17) is 10.2 Å². The van der Waals surface area contributed by atoms with Crippen LogP contribution in [0.3, 0.4) is 0 Å². The van der Waals surface area contributed by atoms with Gasteiger partial charge in [0.25, 0.3) is 0 Å². The Hall–Kier alpha value is -0.570. The molecule has 0 aromatic heterocycles. The van der Waals surface area contributed by atoms with E-state index >= 15 is 0 Å². The molecule has 0 bridgehead atoms. The van der Waals surface area contributed by atoms with E-state index in [0.717, 1.165) is 19.3 Å². The van der Waals surface area contributed by atoms with E-state index in [0.29, 0.717) is 6.42 Å². The molecule has 0 aromatic rings. The molecule has 0 aliphatic heterocycles. The summed E-state index contributed by atoms with van der Waals surface area (Å²) in [5.41, 5.74) is -0.616. The van der Waals surface area contributed by atoms with Crippen molar-refractivity contribution in [1.29, 1.82) is 0 Å². The molecule has 3 heteroatoms. The molecule has 0 amide bonds. The number of carboxylic acids is 1. The molecule has 0 aromatic carbocycles. The van der Waals surface area contributed by atoms with Crippen molar-refractivity contribution in [3.05, 3.63) is 0 Å². The van der Waals surface area contributed by atoms with E-state index in [1.807, 2.05) is 13.8 Å². The van der Waals surface area contributed by atoms with Crippen molar-refractivity contribution in [2.45, 2.75) is 46.5 Å². The Morgan fingerprint density at radius 3 is 2.21 bits per heavy atom. The van der Waals surface area contributed by atoms with Crippen molar-refractivity contribution in [2.24, 2.45) is 11.3 Å². The Morgan fingerprint density at radius 2 is 1.86 bits per heavy atom. The zero-order chi connectivity index (χ0) is 11.2. The molecule has 0 spiro atoms. The maximum Gasteiger partial charge on any atom is 0.309 e. The minimum atomic E-state index is -0.712. The van der Waals surface area contributed by atoms with Crippen LogP contribution < -0.4 is 0 Å². The van der Waals surface area contributed by atoms with Crippen LogP contribution in [0.15, 0.2) is 0 Å². The first-order valence-electron chi connectivity index (χ1n) is 5.29. The largest absolute Gasteiger partial charge is 0.481 e. The third-order valence-electron chi connectivity index (χ3n) is 3.12. The molecule has 0 heterocycles. The van der Waals surface area contributed by atoms with Gasteiger partial charge in [-0.3, -0.25) is 4.79 Å². The average molecular weight is 202 g/mol. The first-order chi connectivity index (χ1) is 6.45. The molecule has 84 valence electrons. The number of aliphatic hydroxyl groups excluding tert-OH is 1. The van der Waals surface area contributed by atoms with Crippen LogP contribution in [0.1, 0.15) is 46.5 Å². The lowest BCUT2D eigenvalue weighted by Crippen LogP contribution is -2.33. The predicted molar refractivity (Wildman–Crippen MR) is 56.1 cm³/mol. The fraction of sp³-hybridized carbons (Fsp3) is 0.909. The van der Waals surface area contributed by atoms with Crippen molar-refractivity contribution >= 4 is 5.97 Å². The van der Waals surface area contributed by atoms with Crippen molar-refractivity contribution in [2.75, 3.05) is 6.61 Å². The van der Waals surface area contributed by atoms with Gasteiger partial charge in [-0.25, -0.2) is 0 Å². The van der Waals surface area contributed by atoms with Gasteiger partial charge < -0.3 is 10.2 Å². The van der Waals surface area contributed by atoms with Crippen LogP contribution in [0.25, 0.3) is 0 Å². The maximum atomic E-state index is 11.1. The Morgan fingerprint density at radius 1 is 1.29 bits per heavy atom. The maximum absolute atomic E-state index is 11.1. The average Bonchev–Trinajstić information content (AvgIpc) is 2.11. The molecule has 2 N–H and O–H groups in total. The highest BCUT2D eigenvalue weighted by Gasteiger charge is 2.35. The van der Waals surface area contributed by atoms with Gasteiger partial charge >= 0.3 is 5.97 Å². The molecular weight excluding hydrogens is 180 g/mol. The number of aliphatic carboxylic acids is 1. The highest BCUT2D eigenvalue weighted by molar-refractivity contribution is 5.74. The molecule has 0 aliphatic carbocycles. The molecule has 0 radical (unpaired) electrons. The lowest BCUT2D eigenvalue weighted by molar-refractivity contribution is -0.151. The smallest absolute Gasteiger partial charge is 0.309 e. The minimum absolute atomic E-state index is 0.147. The van der Waals surface area contributed by atoms with Gasteiger partial charge in [0.15, 0.2) is 0 Å². The van der Waals surface area contributed by atoms with Crippen molar-refractivity contribution in [3.8, 4) is 0 Å². The number of hydrogen-bond acceptors (Lipinski definition) is 2. The topological polar surface area (TPSA) is 57.5 Å². The molecule has 14 heavy (non-hydrogen) atoms. The third kappa shape index (κ3) is 3.66. The fourth-order valence-corrected chi connectivity index (χ4v) is 1.42. The van der Waals surface area contributed by atoms with Crippen LogP contribution in [0, 0.1) is 11.3 Å². The van der Waals surface area contributed by atoms with Gasteiger partial charge in [-0.1, -0.05) is 26.7 Å². The van der Waals surface area contributed by atoms with E-state index in [9.17, 15) is 4.79 Å². The van der Waals surface area contributed by atoms with Crippen LogP contribution >= 0.6 is 0 Å². The summed E-state index contributed by atoms with van der Waals surface area (Å²) in [6.45, 7) is 5.89. The van der Waals surface area contributed by atoms with Gasteiger partial charge in [0.05, 0.1) is 5.41 Å². The number of carboxylic acid groups (broad SMARTS) is 1. The second-order valence-electron chi connectivity index (χ2n) is 4.41. The van der Waals surface area contributed by atoms with Crippen LogP contribution in [0.5, 0.6) is 0 Å². The van der Waals surface area contributed by atoms with Crippen LogP contribution in [-0.2, 0) is 4.79 Å². The SMILES string of the molecule is CC(C)C(C)(CCCCCO)C(=O)O. The highest BCUT2D eigenvalue weighted by Crippen LogP contribution is 2.33. The normalized spacial score (nSPS) is 15.5. The molecule has 3 nitrogen and oxygen atoms in total. The van der Waals surface area contributed by atoms with Crippen LogP contribution in [0.4, 0.5) is 0 Å². The quantitative estimate of drug-likeness (QED) is 0.623. The van der Waals surface area contributed by atoms with Gasteiger partial charge in [0.2, 0.25) is 0 Å². The molecule has 0 fully saturated rings. The molecule has 1 atom stereocenters. The van der Waals surface area contributed by atoms with E-state index in [2.05, 4.69) is 0 Å². The van der Waals surface area contributed by atoms with Crippen molar-refractivity contribution < 1.29 is 15.0 Å². The zero-order valence-corrected chi connectivity index (χ0v) is 9.42. The van der Waals surface area contributed by atoms with E-state index in [1.165, 1.54) is 0 Å². The predicted octanol–water partition coefficient (Wildman–Crippen LogP) is 2.29. The number of carbonyl (C=O) groups is 1. The van der Waals surface area contributed by atoms with Gasteiger partial charge in [0.1, 0.15) is 0 Å². The number of rotatable bonds is 7. The standard InChI is InChI=1S/C11H22O3/c1-9(2)11(3,10(13)14)7-5-4-6-8-12/h9,12H,4-8H2,1-3H3,(H,13,14). The summed E-state index contributed by atoms with van der Waals surface area (Å²) < 4.78 is 0.